The molecule has 4 nitrogen and oxygen atoms in total. The fourth-order valence-corrected chi connectivity index (χ4v) is 2.47. The third kappa shape index (κ3) is 2.87. The molecule has 0 atom stereocenters. The molecule has 100 valence electrons. The van der Waals surface area contributed by atoms with Crippen LogP contribution >= 0.6 is 0 Å². The van der Waals surface area contributed by atoms with Crippen LogP contribution in [0.3, 0.4) is 0 Å². The van der Waals surface area contributed by atoms with E-state index in [1.54, 1.807) is 7.05 Å². The summed E-state index contributed by atoms with van der Waals surface area (Å²) in [5.41, 5.74) is 0.273. The van der Waals surface area contributed by atoms with Gasteiger partial charge in [-0.2, -0.15) is 5.26 Å². The van der Waals surface area contributed by atoms with E-state index in [-0.39, 0.29) is 6.61 Å². The van der Waals surface area contributed by atoms with Gasteiger partial charge >= 0.3 is 6.09 Å². The van der Waals surface area contributed by atoms with Gasteiger partial charge in [-0.15, -0.1) is 0 Å². The van der Waals surface area contributed by atoms with Crippen LogP contribution in [0.15, 0.2) is 30.3 Å². The lowest BCUT2D eigenvalue weighted by molar-refractivity contribution is 0.0773. The van der Waals surface area contributed by atoms with E-state index in [9.17, 15) is 10.1 Å². The van der Waals surface area contributed by atoms with Gasteiger partial charge in [0.1, 0.15) is 12.1 Å². The summed E-state index contributed by atoms with van der Waals surface area (Å²) in [6, 6.07) is 11.8. The summed E-state index contributed by atoms with van der Waals surface area (Å²) in [5, 5.41) is 9.32. The number of nitrogens with zero attached hydrogens (tertiary/aromatic N) is 2. The van der Waals surface area contributed by atoms with Crippen LogP contribution in [0.25, 0.3) is 0 Å². The molecule has 19 heavy (non-hydrogen) atoms. The van der Waals surface area contributed by atoms with Crippen molar-refractivity contribution in [3.05, 3.63) is 35.9 Å². The number of carbonyl (C=O) groups excluding carboxylic acids is 1. The minimum absolute atomic E-state index is 0.242. The third-order valence-electron chi connectivity index (χ3n) is 3.76. The van der Waals surface area contributed by atoms with Crippen LogP contribution in [0.4, 0.5) is 4.79 Å². The average Bonchev–Trinajstić information content (AvgIpc) is 2.95. The summed E-state index contributed by atoms with van der Waals surface area (Å²) in [5.74, 6) is 0. The van der Waals surface area contributed by atoms with E-state index in [0.29, 0.717) is 0 Å². The fourth-order valence-electron chi connectivity index (χ4n) is 2.47. The Kier molecular flexibility index (Phi) is 4.06. The van der Waals surface area contributed by atoms with E-state index in [1.165, 1.54) is 4.90 Å². The van der Waals surface area contributed by atoms with E-state index in [1.807, 2.05) is 30.3 Å². The van der Waals surface area contributed by atoms with Crippen molar-refractivity contribution >= 4 is 6.09 Å². The Balaban J connectivity index is 1.95. The molecule has 0 unspecified atom stereocenters. The second-order valence-electron chi connectivity index (χ2n) is 4.95. The van der Waals surface area contributed by atoms with Crippen molar-refractivity contribution in [3.63, 3.8) is 0 Å². The Morgan fingerprint density at radius 2 is 2.00 bits per heavy atom. The van der Waals surface area contributed by atoms with Crippen molar-refractivity contribution in [1.82, 2.24) is 4.90 Å². The highest BCUT2D eigenvalue weighted by atomic mass is 16.6. The van der Waals surface area contributed by atoms with Crippen LogP contribution in [-0.2, 0) is 11.3 Å². The zero-order chi connectivity index (χ0) is 13.7. The van der Waals surface area contributed by atoms with Crippen molar-refractivity contribution in [3.8, 4) is 6.07 Å². The summed E-state index contributed by atoms with van der Waals surface area (Å²) in [4.78, 5) is 13.5. The number of benzene rings is 1. The highest BCUT2D eigenvalue weighted by Crippen LogP contribution is 2.34. The Labute approximate surface area is 113 Å². The SMILES string of the molecule is CN(C(=O)OCc1ccccc1)C1(C#N)CCCC1. The Morgan fingerprint density at radius 1 is 1.37 bits per heavy atom. The van der Waals surface area contributed by atoms with Crippen LogP contribution in [0.5, 0.6) is 0 Å². The lowest BCUT2D eigenvalue weighted by Gasteiger charge is -2.31. The standard InChI is InChI=1S/C15H18N2O2/c1-17(15(12-16)9-5-6-10-15)14(18)19-11-13-7-3-2-4-8-13/h2-4,7-8H,5-6,9-11H2,1H3. The molecule has 1 aromatic carbocycles. The fraction of sp³-hybridized carbons (Fsp3) is 0.467. The molecular formula is C15H18N2O2. The summed E-state index contributed by atoms with van der Waals surface area (Å²) >= 11 is 0. The van der Waals surface area contributed by atoms with Crippen molar-refractivity contribution in [2.45, 2.75) is 37.8 Å². The number of hydrogen-bond donors (Lipinski definition) is 0. The molecular weight excluding hydrogens is 240 g/mol. The predicted octanol–water partition coefficient (Wildman–Crippen LogP) is 3.09. The van der Waals surface area contributed by atoms with Gasteiger partial charge < -0.3 is 4.74 Å². The van der Waals surface area contributed by atoms with Crippen LogP contribution in [-0.4, -0.2) is 23.6 Å². The van der Waals surface area contributed by atoms with Crippen LogP contribution in [0.2, 0.25) is 0 Å². The zero-order valence-corrected chi connectivity index (χ0v) is 11.1. The summed E-state index contributed by atoms with van der Waals surface area (Å²) in [6.07, 6.45) is 3.03. The Bertz CT molecular complexity index is 473. The van der Waals surface area contributed by atoms with Gasteiger partial charge in [-0.25, -0.2) is 4.79 Å². The van der Waals surface area contributed by atoms with Gasteiger partial charge in [0.15, 0.2) is 0 Å². The number of ether oxygens (including phenoxy) is 1. The Morgan fingerprint density at radius 3 is 2.58 bits per heavy atom. The van der Waals surface area contributed by atoms with Crippen molar-refractivity contribution in [2.24, 2.45) is 0 Å². The van der Waals surface area contributed by atoms with E-state index in [2.05, 4.69) is 6.07 Å². The lowest BCUT2D eigenvalue weighted by Crippen LogP contribution is -2.46. The lowest BCUT2D eigenvalue weighted by atomic mass is 9.98. The van der Waals surface area contributed by atoms with E-state index < -0.39 is 11.6 Å². The van der Waals surface area contributed by atoms with Gasteiger partial charge in [-0.1, -0.05) is 30.3 Å². The molecule has 1 aliphatic carbocycles. The zero-order valence-electron chi connectivity index (χ0n) is 11.1. The van der Waals surface area contributed by atoms with E-state index in [0.717, 1.165) is 31.2 Å². The maximum Gasteiger partial charge on any atom is 0.411 e. The summed E-state index contributed by atoms with van der Waals surface area (Å²) in [7, 11) is 1.65. The van der Waals surface area contributed by atoms with Gasteiger partial charge in [0.25, 0.3) is 0 Å². The molecule has 4 heteroatoms. The number of carbonyl (C=O) groups is 1. The van der Waals surface area contributed by atoms with Gasteiger partial charge in [0.05, 0.1) is 6.07 Å². The first-order valence-electron chi connectivity index (χ1n) is 6.54. The van der Waals surface area contributed by atoms with Crippen LogP contribution < -0.4 is 0 Å². The molecule has 0 bridgehead atoms. The number of nitriles is 1. The first kappa shape index (κ1) is 13.4. The average molecular weight is 258 g/mol. The van der Waals surface area contributed by atoms with Crippen molar-refractivity contribution in [2.75, 3.05) is 7.05 Å². The molecule has 1 fully saturated rings. The van der Waals surface area contributed by atoms with Gasteiger partial charge in [-0.3, -0.25) is 4.90 Å². The van der Waals surface area contributed by atoms with E-state index in [4.69, 9.17) is 4.74 Å². The molecule has 0 N–H and O–H groups in total. The first-order chi connectivity index (χ1) is 9.18. The maximum atomic E-state index is 12.0. The molecule has 0 saturated heterocycles. The second kappa shape index (κ2) is 5.75. The molecule has 0 aromatic heterocycles. The molecule has 1 aromatic rings. The number of rotatable bonds is 3. The summed E-state index contributed by atoms with van der Waals surface area (Å²) in [6.45, 7) is 0.242. The molecule has 0 aliphatic heterocycles. The van der Waals surface area contributed by atoms with Gasteiger partial charge in [-0.05, 0) is 31.2 Å². The van der Waals surface area contributed by atoms with Gasteiger partial charge in [0, 0.05) is 7.05 Å². The minimum Gasteiger partial charge on any atom is -0.445 e. The molecule has 1 saturated carbocycles. The number of amides is 1. The normalized spacial score (nSPS) is 16.6. The smallest absolute Gasteiger partial charge is 0.411 e. The monoisotopic (exact) mass is 258 g/mol. The molecule has 1 amide bonds. The highest BCUT2D eigenvalue weighted by Gasteiger charge is 2.41. The maximum absolute atomic E-state index is 12.0. The predicted molar refractivity (Wildman–Crippen MR) is 71.2 cm³/mol. The van der Waals surface area contributed by atoms with Crippen LogP contribution in [0, 0.1) is 11.3 Å². The topological polar surface area (TPSA) is 53.3 Å². The second-order valence-corrected chi connectivity index (χ2v) is 4.95. The quantitative estimate of drug-likeness (QED) is 0.837. The van der Waals surface area contributed by atoms with E-state index >= 15 is 0 Å². The number of hydrogen-bond acceptors (Lipinski definition) is 3. The molecule has 1 aliphatic rings. The Hall–Kier alpha value is -2.02. The van der Waals surface area contributed by atoms with Crippen molar-refractivity contribution < 1.29 is 9.53 Å². The van der Waals surface area contributed by atoms with Gasteiger partial charge in [0.2, 0.25) is 0 Å². The van der Waals surface area contributed by atoms with Crippen molar-refractivity contribution in [1.29, 1.82) is 5.26 Å². The van der Waals surface area contributed by atoms with Crippen LogP contribution in [0.1, 0.15) is 31.2 Å². The highest BCUT2D eigenvalue weighted by molar-refractivity contribution is 5.69. The third-order valence-corrected chi connectivity index (χ3v) is 3.76. The first-order valence-corrected chi connectivity index (χ1v) is 6.54. The largest absolute Gasteiger partial charge is 0.445 e. The summed E-state index contributed by atoms with van der Waals surface area (Å²) < 4.78 is 5.27. The molecule has 0 heterocycles. The minimum atomic E-state index is -0.673. The molecule has 2 rings (SSSR count). The molecule has 0 radical (unpaired) electrons. The molecule has 0 spiro atoms.